The molecule has 0 bridgehead atoms. The van der Waals surface area contributed by atoms with Gasteiger partial charge in [0.1, 0.15) is 0 Å². The molecule has 0 radical (unpaired) electrons. The number of aryl methyl sites for hydroxylation is 1. The van der Waals surface area contributed by atoms with Gasteiger partial charge in [0.15, 0.2) is 0 Å². The number of pyridine rings is 1. The molecule has 17 heavy (non-hydrogen) atoms. The number of aromatic nitrogens is 1. The summed E-state index contributed by atoms with van der Waals surface area (Å²) >= 11 is 0. The quantitative estimate of drug-likeness (QED) is 0.888. The zero-order chi connectivity index (χ0) is 11.4. The summed E-state index contributed by atoms with van der Waals surface area (Å²) in [7, 11) is 0. The van der Waals surface area contributed by atoms with E-state index in [-0.39, 0.29) is 18.3 Å². The lowest BCUT2D eigenvalue weighted by Gasteiger charge is -2.05. The molecule has 0 fully saturated rings. The van der Waals surface area contributed by atoms with E-state index in [1.165, 1.54) is 0 Å². The number of rotatable bonds is 2. The molecular weight excluding hydrogens is 236 g/mol. The predicted molar refractivity (Wildman–Crippen MR) is 70.6 cm³/mol. The number of benzene rings is 1. The molecule has 3 nitrogen and oxygen atoms in total. The maximum absolute atomic E-state index is 11.8. The topological polar surface area (TPSA) is 42.0 Å². The van der Waals surface area contributed by atoms with Crippen LogP contribution in [0.4, 0.5) is 5.69 Å². The molecule has 2 rings (SSSR count). The number of anilines is 1. The van der Waals surface area contributed by atoms with Crippen molar-refractivity contribution < 1.29 is 4.79 Å². The van der Waals surface area contributed by atoms with Crippen molar-refractivity contribution in [3.63, 3.8) is 0 Å². The predicted octanol–water partition coefficient (Wildman–Crippen LogP) is 3.06. The maximum atomic E-state index is 11.8. The van der Waals surface area contributed by atoms with Crippen LogP contribution in [0.15, 0.2) is 48.8 Å². The van der Waals surface area contributed by atoms with Crippen molar-refractivity contribution in [3.05, 3.63) is 59.9 Å². The van der Waals surface area contributed by atoms with Crippen molar-refractivity contribution in [2.75, 3.05) is 5.32 Å². The lowest BCUT2D eigenvalue weighted by molar-refractivity contribution is 0.102. The SMILES string of the molecule is Cc1cccc(NC(=O)c2cccnc2)c1.Cl. The number of carbonyl (C=O) groups is 1. The Bertz CT molecular complexity index is 500. The summed E-state index contributed by atoms with van der Waals surface area (Å²) in [5, 5.41) is 2.82. The highest BCUT2D eigenvalue weighted by molar-refractivity contribution is 6.04. The van der Waals surface area contributed by atoms with Gasteiger partial charge in [0.25, 0.3) is 5.91 Å². The van der Waals surface area contributed by atoms with Crippen LogP contribution in [0.1, 0.15) is 15.9 Å². The van der Waals surface area contributed by atoms with Crippen LogP contribution in [0.2, 0.25) is 0 Å². The van der Waals surface area contributed by atoms with Crippen LogP contribution in [0.25, 0.3) is 0 Å². The van der Waals surface area contributed by atoms with Crippen LogP contribution in [0.5, 0.6) is 0 Å². The van der Waals surface area contributed by atoms with Gasteiger partial charge in [-0.15, -0.1) is 12.4 Å². The molecule has 88 valence electrons. The zero-order valence-corrected chi connectivity index (χ0v) is 10.2. The first-order valence-electron chi connectivity index (χ1n) is 5.04. The van der Waals surface area contributed by atoms with Crippen LogP contribution in [0.3, 0.4) is 0 Å². The molecule has 1 N–H and O–H groups in total. The first-order valence-corrected chi connectivity index (χ1v) is 5.04. The fourth-order valence-electron chi connectivity index (χ4n) is 1.42. The van der Waals surface area contributed by atoms with Gasteiger partial charge >= 0.3 is 0 Å². The lowest BCUT2D eigenvalue weighted by atomic mass is 10.2. The molecule has 0 atom stereocenters. The third-order valence-electron chi connectivity index (χ3n) is 2.20. The van der Waals surface area contributed by atoms with Crippen molar-refractivity contribution in [3.8, 4) is 0 Å². The molecule has 1 amide bonds. The van der Waals surface area contributed by atoms with Crippen molar-refractivity contribution in [2.45, 2.75) is 6.92 Å². The van der Waals surface area contributed by atoms with Gasteiger partial charge < -0.3 is 5.32 Å². The van der Waals surface area contributed by atoms with Crippen LogP contribution in [-0.2, 0) is 0 Å². The summed E-state index contributed by atoms with van der Waals surface area (Å²) in [6, 6.07) is 11.2. The molecule has 2 aromatic rings. The summed E-state index contributed by atoms with van der Waals surface area (Å²) in [5.41, 5.74) is 2.47. The second kappa shape index (κ2) is 6.01. The monoisotopic (exact) mass is 248 g/mol. The van der Waals surface area contributed by atoms with Gasteiger partial charge in [-0.25, -0.2) is 0 Å². The highest BCUT2D eigenvalue weighted by Crippen LogP contribution is 2.10. The minimum Gasteiger partial charge on any atom is -0.322 e. The molecule has 4 heteroatoms. The van der Waals surface area contributed by atoms with Crippen LogP contribution < -0.4 is 5.32 Å². The summed E-state index contributed by atoms with van der Waals surface area (Å²) in [4.78, 5) is 15.7. The van der Waals surface area contributed by atoms with E-state index < -0.39 is 0 Å². The van der Waals surface area contributed by atoms with Crippen molar-refractivity contribution in [1.82, 2.24) is 4.98 Å². The summed E-state index contributed by atoms with van der Waals surface area (Å²) < 4.78 is 0. The largest absolute Gasteiger partial charge is 0.322 e. The Balaban J connectivity index is 0.00000144. The number of nitrogens with zero attached hydrogens (tertiary/aromatic N) is 1. The average Bonchev–Trinajstić information content (AvgIpc) is 2.30. The minimum atomic E-state index is -0.140. The first kappa shape index (κ1) is 13.2. The Kier molecular flexibility index (Phi) is 4.67. The molecule has 0 saturated heterocycles. The van der Waals surface area contributed by atoms with Crippen LogP contribution in [0, 0.1) is 6.92 Å². The van der Waals surface area contributed by atoms with E-state index in [1.54, 1.807) is 24.5 Å². The number of hydrogen-bond acceptors (Lipinski definition) is 2. The fraction of sp³-hybridized carbons (Fsp3) is 0.0769. The average molecular weight is 249 g/mol. The molecule has 1 heterocycles. The number of hydrogen-bond donors (Lipinski definition) is 1. The lowest BCUT2D eigenvalue weighted by Crippen LogP contribution is -2.11. The first-order chi connectivity index (χ1) is 7.75. The molecule has 0 aliphatic carbocycles. The van der Waals surface area contributed by atoms with E-state index in [2.05, 4.69) is 10.3 Å². The maximum Gasteiger partial charge on any atom is 0.257 e. The smallest absolute Gasteiger partial charge is 0.257 e. The Morgan fingerprint density at radius 1 is 1.24 bits per heavy atom. The van der Waals surface area contributed by atoms with Crippen LogP contribution in [-0.4, -0.2) is 10.9 Å². The minimum absolute atomic E-state index is 0. The molecule has 0 spiro atoms. The van der Waals surface area contributed by atoms with Gasteiger partial charge in [-0.3, -0.25) is 9.78 Å². The fourth-order valence-corrected chi connectivity index (χ4v) is 1.42. The Morgan fingerprint density at radius 2 is 2.06 bits per heavy atom. The van der Waals surface area contributed by atoms with Crippen molar-refractivity contribution >= 4 is 24.0 Å². The summed E-state index contributed by atoms with van der Waals surface area (Å²) in [5.74, 6) is -0.140. The summed E-state index contributed by atoms with van der Waals surface area (Å²) in [6.07, 6.45) is 3.19. The zero-order valence-electron chi connectivity index (χ0n) is 9.38. The van der Waals surface area contributed by atoms with Gasteiger partial charge in [-0.05, 0) is 36.8 Å². The van der Waals surface area contributed by atoms with E-state index in [0.717, 1.165) is 11.3 Å². The Labute approximate surface area is 106 Å². The van der Waals surface area contributed by atoms with E-state index in [0.29, 0.717) is 5.56 Å². The molecule has 1 aromatic carbocycles. The molecular formula is C13H13ClN2O. The van der Waals surface area contributed by atoms with E-state index in [4.69, 9.17) is 0 Å². The van der Waals surface area contributed by atoms with Crippen molar-refractivity contribution in [1.29, 1.82) is 0 Å². The highest BCUT2D eigenvalue weighted by Gasteiger charge is 2.04. The molecule has 0 aliphatic rings. The van der Waals surface area contributed by atoms with Crippen molar-refractivity contribution in [2.24, 2.45) is 0 Å². The normalized spacial score (nSPS) is 9.24. The number of nitrogens with one attached hydrogen (secondary N) is 1. The second-order valence-corrected chi connectivity index (χ2v) is 3.57. The van der Waals surface area contributed by atoms with Gasteiger partial charge in [0.05, 0.1) is 5.56 Å². The number of amides is 1. The Morgan fingerprint density at radius 3 is 2.71 bits per heavy atom. The molecule has 1 aromatic heterocycles. The third kappa shape index (κ3) is 3.57. The molecule has 0 saturated carbocycles. The van der Waals surface area contributed by atoms with Gasteiger partial charge in [-0.2, -0.15) is 0 Å². The second-order valence-electron chi connectivity index (χ2n) is 3.57. The standard InChI is InChI=1S/C13H12N2O.ClH/c1-10-4-2-6-12(8-10)15-13(16)11-5-3-7-14-9-11;/h2-9H,1H3,(H,15,16);1H. The molecule has 0 aliphatic heterocycles. The van der Waals surface area contributed by atoms with E-state index >= 15 is 0 Å². The van der Waals surface area contributed by atoms with Crippen LogP contribution >= 0.6 is 12.4 Å². The van der Waals surface area contributed by atoms with E-state index in [1.807, 2.05) is 31.2 Å². The highest BCUT2D eigenvalue weighted by atomic mass is 35.5. The number of halogens is 1. The Hall–Kier alpha value is -1.87. The number of carbonyl (C=O) groups excluding carboxylic acids is 1. The van der Waals surface area contributed by atoms with Gasteiger partial charge in [0.2, 0.25) is 0 Å². The third-order valence-corrected chi connectivity index (χ3v) is 2.20. The van der Waals surface area contributed by atoms with E-state index in [9.17, 15) is 4.79 Å². The van der Waals surface area contributed by atoms with Gasteiger partial charge in [-0.1, -0.05) is 12.1 Å². The molecule has 0 unspecified atom stereocenters. The van der Waals surface area contributed by atoms with Gasteiger partial charge in [0, 0.05) is 18.1 Å². The summed E-state index contributed by atoms with van der Waals surface area (Å²) in [6.45, 7) is 1.99.